The molecule has 0 radical (unpaired) electrons. The number of aliphatic hydroxyl groups is 1. The van der Waals surface area contributed by atoms with Crippen molar-refractivity contribution in [2.45, 2.75) is 86.1 Å². The highest BCUT2D eigenvalue weighted by Crippen LogP contribution is 2.58. The first-order valence-corrected chi connectivity index (χ1v) is 14.1. The highest BCUT2D eigenvalue weighted by molar-refractivity contribution is 7.93. The molecule has 0 aromatic heterocycles. The van der Waals surface area contributed by atoms with E-state index >= 15 is 0 Å². The molecule has 2 aliphatic rings. The topological polar surface area (TPSA) is 76.1 Å². The minimum atomic E-state index is -3.86. The van der Waals surface area contributed by atoms with E-state index in [0.29, 0.717) is 12.8 Å². The van der Waals surface area contributed by atoms with Gasteiger partial charge in [0.1, 0.15) is 11.7 Å². The van der Waals surface area contributed by atoms with Crippen LogP contribution in [0.15, 0.2) is 35.2 Å². The first-order valence-electron chi connectivity index (χ1n) is 9.71. The third-order valence-corrected chi connectivity index (χ3v) is 13.5. The summed E-state index contributed by atoms with van der Waals surface area (Å²) in [5.74, 6) is 0. The molecule has 1 heterocycles. The Bertz CT molecular complexity index is 778. The summed E-state index contributed by atoms with van der Waals surface area (Å²) in [7, 11) is -5.91. The maximum atomic E-state index is 13.5. The van der Waals surface area contributed by atoms with Crippen molar-refractivity contribution in [3.05, 3.63) is 30.3 Å². The first-order chi connectivity index (χ1) is 12.4. The number of sulfone groups is 1. The van der Waals surface area contributed by atoms with Crippen LogP contribution in [0, 0.1) is 0 Å². The summed E-state index contributed by atoms with van der Waals surface area (Å²) in [6.45, 7) is 10.9. The Morgan fingerprint density at radius 1 is 1.19 bits per heavy atom. The second-order valence-corrected chi connectivity index (χ2v) is 16.3. The van der Waals surface area contributed by atoms with Gasteiger partial charge in [0, 0.05) is 0 Å². The van der Waals surface area contributed by atoms with Gasteiger partial charge in [-0.05, 0) is 43.1 Å². The fraction of sp³-hybridized carbons (Fsp3) is 0.700. The van der Waals surface area contributed by atoms with Gasteiger partial charge in [0.05, 0.1) is 11.5 Å². The largest absolute Gasteiger partial charge is 0.414 e. The van der Waals surface area contributed by atoms with E-state index in [2.05, 4.69) is 33.9 Å². The maximum absolute atomic E-state index is 13.5. The lowest BCUT2D eigenvalue weighted by Gasteiger charge is -2.36. The molecule has 27 heavy (non-hydrogen) atoms. The Labute approximate surface area is 164 Å². The van der Waals surface area contributed by atoms with Crippen LogP contribution >= 0.6 is 0 Å². The molecule has 0 amide bonds. The van der Waals surface area contributed by atoms with E-state index in [9.17, 15) is 13.5 Å². The Kier molecular flexibility index (Phi) is 5.18. The molecule has 0 bridgehead atoms. The first kappa shape index (κ1) is 21.0. The van der Waals surface area contributed by atoms with Crippen molar-refractivity contribution in [3.8, 4) is 0 Å². The van der Waals surface area contributed by atoms with Crippen LogP contribution < -0.4 is 0 Å². The fourth-order valence-electron chi connectivity index (χ4n) is 3.80. The van der Waals surface area contributed by atoms with Crippen LogP contribution in [-0.4, -0.2) is 45.1 Å². The van der Waals surface area contributed by atoms with Crippen molar-refractivity contribution >= 4 is 18.2 Å². The Morgan fingerprint density at radius 3 is 2.26 bits per heavy atom. The van der Waals surface area contributed by atoms with E-state index in [1.54, 1.807) is 30.3 Å². The van der Waals surface area contributed by atoms with Gasteiger partial charge in [-0.2, -0.15) is 0 Å². The highest BCUT2D eigenvalue weighted by atomic mass is 32.2. The molecule has 2 atom stereocenters. The third-order valence-electron chi connectivity index (χ3n) is 6.62. The molecule has 1 N–H and O–H groups in total. The Morgan fingerprint density at radius 2 is 1.74 bits per heavy atom. The minimum Gasteiger partial charge on any atom is -0.414 e. The summed E-state index contributed by atoms with van der Waals surface area (Å²) in [5, 5.41) is 11.3. The molecular formula is C20H32O5SSi. The molecule has 3 rings (SSSR count). The molecule has 0 spiro atoms. The normalized spacial score (nSPS) is 28.3. The van der Waals surface area contributed by atoms with Crippen molar-refractivity contribution in [2.24, 2.45) is 0 Å². The van der Waals surface area contributed by atoms with Crippen LogP contribution in [-0.2, 0) is 19.0 Å². The van der Waals surface area contributed by atoms with Crippen LogP contribution in [0.5, 0.6) is 0 Å². The molecule has 1 aliphatic carbocycles. The highest BCUT2D eigenvalue weighted by Gasteiger charge is 2.77. The molecule has 5 nitrogen and oxygen atoms in total. The van der Waals surface area contributed by atoms with Crippen LogP contribution in [0.2, 0.25) is 18.1 Å². The SMILES string of the molecule is CC(C)(C)[Si](C)(C)OC[C@H]1O[C@]1(C1(O)CCCC1)S(=O)(=O)c1ccccc1. The van der Waals surface area contributed by atoms with E-state index < -0.39 is 34.8 Å². The van der Waals surface area contributed by atoms with Gasteiger partial charge < -0.3 is 14.3 Å². The molecule has 0 unspecified atom stereocenters. The van der Waals surface area contributed by atoms with Gasteiger partial charge in [-0.1, -0.05) is 51.8 Å². The van der Waals surface area contributed by atoms with E-state index in [0.717, 1.165) is 12.8 Å². The smallest absolute Gasteiger partial charge is 0.230 e. The maximum Gasteiger partial charge on any atom is 0.230 e. The summed E-state index contributed by atoms with van der Waals surface area (Å²) in [4.78, 5) is -1.40. The molecule has 1 aliphatic heterocycles. The summed E-state index contributed by atoms with van der Waals surface area (Å²) < 4.78 is 39.1. The number of hydrogen-bond acceptors (Lipinski definition) is 5. The number of ether oxygens (including phenoxy) is 1. The average Bonchev–Trinajstić information content (AvgIpc) is 3.20. The van der Waals surface area contributed by atoms with Gasteiger partial charge in [-0.3, -0.25) is 0 Å². The molecule has 7 heteroatoms. The standard InChI is InChI=1S/C20H32O5SSi/c1-18(2,3)27(4,5)24-15-17-20(25-17,19(21)13-9-10-14-19)26(22,23)16-11-7-6-8-12-16/h6-8,11-12,17,21H,9-10,13-15H2,1-5H3/t17-,20+/m1/s1. The minimum absolute atomic E-state index is 0.0209. The molecule has 2 fully saturated rings. The fourth-order valence-corrected chi connectivity index (χ4v) is 7.03. The van der Waals surface area contributed by atoms with Gasteiger partial charge >= 0.3 is 0 Å². The number of hydrogen-bond donors (Lipinski definition) is 1. The lowest BCUT2D eigenvalue weighted by atomic mass is 9.95. The third kappa shape index (κ3) is 3.31. The predicted octanol–water partition coefficient (Wildman–Crippen LogP) is 3.88. The number of benzene rings is 1. The van der Waals surface area contributed by atoms with Crippen LogP contribution in [0.1, 0.15) is 46.5 Å². The summed E-state index contributed by atoms with van der Waals surface area (Å²) in [6.07, 6.45) is 1.86. The molecular weight excluding hydrogens is 380 g/mol. The van der Waals surface area contributed by atoms with Crippen molar-refractivity contribution < 1.29 is 22.7 Å². The van der Waals surface area contributed by atoms with Crippen molar-refractivity contribution in [1.29, 1.82) is 0 Å². The van der Waals surface area contributed by atoms with Gasteiger partial charge in [-0.25, -0.2) is 8.42 Å². The van der Waals surface area contributed by atoms with E-state index in [-0.39, 0.29) is 16.5 Å². The molecule has 1 aromatic rings. The summed E-state index contributed by atoms with van der Waals surface area (Å²) >= 11 is 0. The molecule has 152 valence electrons. The van der Waals surface area contributed by atoms with Crippen molar-refractivity contribution in [1.82, 2.24) is 0 Å². The number of epoxide rings is 1. The quantitative estimate of drug-likeness (QED) is 0.567. The van der Waals surface area contributed by atoms with Gasteiger partial charge in [0.2, 0.25) is 14.8 Å². The average molecular weight is 413 g/mol. The zero-order chi connectivity index (χ0) is 20.1. The van der Waals surface area contributed by atoms with Gasteiger partial charge in [0.25, 0.3) is 0 Å². The second-order valence-electron chi connectivity index (χ2n) is 9.40. The lowest BCUT2D eigenvalue weighted by molar-refractivity contribution is 0.00121. The van der Waals surface area contributed by atoms with Crippen LogP contribution in [0.25, 0.3) is 0 Å². The summed E-state index contributed by atoms with van der Waals surface area (Å²) in [5.41, 5.74) is -1.36. The zero-order valence-corrected chi connectivity index (χ0v) is 18.8. The molecule has 1 aromatic carbocycles. The predicted molar refractivity (Wildman–Crippen MR) is 108 cm³/mol. The van der Waals surface area contributed by atoms with E-state index in [4.69, 9.17) is 9.16 Å². The zero-order valence-electron chi connectivity index (χ0n) is 17.0. The van der Waals surface area contributed by atoms with Crippen LogP contribution in [0.4, 0.5) is 0 Å². The van der Waals surface area contributed by atoms with E-state index in [1.165, 1.54) is 0 Å². The lowest BCUT2D eigenvalue weighted by Crippen LogP contribution is -2.51. The summed E-state index contributed by atoms with van der Waals surface area (Å²) in [6, 6.07) is 8.32. The van der Waals surface area contributed by atoms with E-state index in [1.807, 2.05) is 0 Å². The molecule has 1 saturated carbocycles. The number of rotatable bonds is 6. The Balaban J connectivity index is 1.92. The van der Waals surface area contributed by atoms with Gasteiger partial charge in [-0.15, -0.1) is 0 Å². The van der Waals surface area contributed by atoms with Gasteiger partial charge in [0.15, 0.2) is 8.32 Å². The van der Waals surface area contributed by atoms with Crippen LogP contribution in [0.3, 0.4) is 0 Å². The molecule has 1 saturated heterocycles. The van der Waals surface area contributed by atoms with Crippen molar-refractivity contribution in [3.63, 3.8) is 0 Å². The monoisotopic (exact) mass is 412 g/mol. The second kappa shape index (κ2) is 6.66. The van der Waals surface area contributed by atoms with Crippen molar-refractivity contribution in [2.75, 3.05) is 6.61 Å². The Hall–Kier alpha value is -0.733.